The number of ether oxygens (including phenoxy) is 2. The molecular formula is C17H21N5O4S. The van der Waals surface area contributed by atoms with Crippen LogP contribution in [0.3, 0.4) is 0 Å². The molecule has 1 aromatic carbocycles. The van der Waals surface area contributed by atoms with Gasteiger partial charge in [-0.3, -0.25) is 9.59 Å². The van der Waals surface area contributed by atoms with Crippen LogP contribution in [0.4, 0.5) is 0 Å². The molecule has 3 rings (SSSR count). The molecule has 0 unspecified atom stereocenters. The number of nitrogens with two attached hydrogens (primary N) is 1. The van der Waals surface area contributed by atoms with E-state index in [1.807, 2.05) is 18.2 Å². The van der Waals surface area contributed by atoms with Gasteiger partial charge in [0.05, 0.1) is 5.25 Å². The summed E-state index contributed by atoms with van der Waals surface area (Å²) in [5.41, 5.74) is 6.09. The number of hydrogen-bond acceptors (Lipinski definition) is 7. The van der Waals surface area contributed by atoms with E-state index >= 15 is 0 Å². The van der Waals surface area contributed by atoms with Gasteiger partial charge in [0.1, 0.15) is 5.82 Å². The molecule has 1 aromatic heterocycles. The molecule has 27 heavy (non-hydrogen) atoms. The van der Waals surface area contributed by atoms with Crippen LogP contribution in [0, 0.1) is 0 Å². The van der Waals surface area contributed by atoms with Crippen molar-refractivity contribution in [2.45, 2.75) is 36.7 Å². The molecule has 3 N–H and O–H groups in total. The number of benzene rings is 1. The number of fused-ring (bicyclic) bond motifs is 1. The lowest BCUT2D eigenvalue weighted by Gasteiger charge is -2.12. The van der Waals surface area contributed by atoms with Gasteiger partial charge >= 0.3 is 0 Å². The molecule has 0 saturated carbocycles. The van der Waals surface area contributed by atoms with Crippen LogP contribution >= 0.6 is 11.8 Å². The molecule has 10 heteroatoms. The number of carbonyl (C=O) groups is 2. The summed E-state index contributed by atoms with van der Waals surface area (Å²) in [4.78, 5) is 23.3. The minimum Gasteiger partial charge on any atom is -0.454 e. The summed E-state index contributed by atoms with van der Waals surface area (Å²) in [7, 11) is 1.80. The molecule has 9 nitrogen and oxygen atoms in total. The number of primary amides is 1. The average Bonchev–Trinajstić information content (AvgIpc) is 3.24. The fourth-order valence-electron chi connectivity index (χ4n) is 2.50. The summed E-state index contributed by atoms with van der Waals surface area (Å²) in [5, 5.41) is 11.3. The number of amides is 2. The Hall–Kier alpha value is -2.75. The number of aryl methyl sites for hydroxylation is 1. The fraction of sp³-hybridized carbons (Fsp3) is 0.412. The van der Waals surface area contributed by atoms with E-state index in [-0.39, 0.29) is 30.3 Å². The molecular weight excluding hydrogens is 370 g/mol. The number of thioether (sulfide) groups is 1. The number of nitrogens with one attached hydrogen (secondary N) is 1. The van der Waals surface area contributed by atoms with Crippen LogP contribution in [-0.4, -0.2) is 38.6 Å². The van der Waals surface area contributed by atoms with Crippen LogP contribution < -0.4 is 20.5 Å². The van der Waals surface area contributed by atoms with Gasteiger partial charge in [-0.15, -0.1) is 10.2 Å². The van der Waals surface area contributed by atoms with Crippen molar-refractivity contribution in [3.05, 3.63) is 29.6 Å². The van der Waals surface area contributed by atoms with Gasteiger partial charge in [-0.05, 0) is 24.6 Å². The zero-order valence-electron chi connectivity index (χ0n) is 15.1. The minimum absolute atomic E-state index is 0.112. The number of rotatable bonds is 8. The first kappa shape index (κ1) is 19.0. The van der Waals surface area contributed by atoms with Gasteiger partial charge in [0.15, 0.2) is 16.7 Å². The summed E-state index contributed by atoms with van der Waals surface area (Å²) < 4.78 is 12.4. The zero-order valence-corrected chi connectivity index (χ0v) is 15.9. The van der Waals surface area contributed by atoms with E-state index < -0.39 is 0 Å². The molecule has 1 aliphatic rings. The van der Waals surface area contributed by atoms with Crippen molar-refractivity contribution >= 4 is 23.6 Å². The van der Waals surface area contributed by atoms with E-state index in [4.69, 9.17) is 15.2 Å². The highest BCUT2D eigenvalue weighted by Gasteiger charge is 2.19. The third-order valence-corrected chi connectivity index (χ3v) is 5.21. The Labute approximate surface area is 160 Å². The van der Waals surface area contributed by atoms with Crippen LogP contribution in [0.5, 0.6) is 11.5 Å². The maximum atomic E-state index is 12.4. The predicted molar refractivity (Wildman–Crippen MR) is 98.2 cm³/mol. The van der Waals surface area contributed by atoms with Crippen molar-refractivity contribution in [3.63, 3.8) is 0 Å². The Morgan fingerprint density at radius 1 is 1.33 bits per heavy atom. The standard InChI is InChI=1S/C17H21N5O4S/c1-10(27-17-21-20-15(22(17)2)6-5-14(18)23)16(24)19-8-11-3-4-12-13(7-11)26-9-25-12/h3-4,7,10H,5-6,8-9H2,1-2H3,(H2,18,23)(H,19,24)/t10-/m1/s1. The Kier molecular flexibility index (Phi) is 5.84. The molecule has 2 aromatic rings. The molecule has 0 radical (unpaired) electrons. The van der Waals surface area contributed by atoms with Crippen LogP contribution in [0.1, 0.15) is 24.7 Å². The van der Waals surface area contributed by atoms with Gasteiger partial charge in [0.2, 0.25) is 18.6 Å². The van der Waals surface area contributed by atoms with Crippen molar-refractivity contribution < 1.29 is 19.1 Å². The first-order chi connectivity index (χ1) is 12.9. The molecule has 1 atom stereocenters. The van der Waals surface area contributed by atoms with Gasteiger partial charge in [0, 0.05) is 26.4 Å². The molecule has 2 amide bonds. The van der Waals surface area contributed by atoms with Crippen molar-refractivity contribution in [2.75, 3.05) is 6.79 Å². The summed E-state index contributed by atoms with van der Waals surface area (Å²) in [6.07, 6.45) is 0.631. The molecule has 0 spiro atoms. The second kappa shape index (κ2) is 8.30. The van der Waals surface area contributed by atoms with Gasteiger partial charge < -0.3 is 25.1 Å². The predicted octanol–water partition coefficient (Wildman–Crippen LogP) is 0.759. The lowest BCUT2D eigenvalue weighted by Crippen LogP contribution is -2.30. The monoisotopic (exact) mass is 391 g/mol. The molecule has 0 bridgehead atoms. The maximum Gasteiger partial charge on any atom is 0.233 e. The second-order valence-electron chi connectivity index (χ2n) is 6.09. The molecule has 0 aliphatic carbocycles. The van der Waals surface area contributed by atoms with Crippen molar-refractivity contribution in [1.29, 1.82) is 0 Å². The van der Waals surface area contributed by atoms with Crippen LogP contribution in [0.25, 0.3) is 0 Å². The van der Waals surface area contributed by atoms with E-state index in [1.165, 1.54) is 11.8 Å². The van der Waals surface area contributed by atoms with Gasteiger partial charge in [-0.25, -0.2) is 0 Å². The van der Waals surface area contributed by atoms with E-state index in [0.717, 1.165) is 5.56 Å². The quantitative estimate of drug-likeness (QED) is 0.637. The molecule has 1 aliphatic heterocycles. The summed E-state index contributed by atoms with van der Waals surface area (Å²) in [5.74, 6) is 1.56. The van der Waals surface area contributed by atoms with Crippen LogP contribution in [0.2, 0.25) is 0 Å². The smallest absolute Gasteiger partial charge is 0.233 e. The number of nitrogens with zero attached hydrogens (tertiary/aromatic N) is 3. The number of aromatic nitrogens is 3. The van der Waals surface area contributed by atoms with Gasteiger partial charge in [-0.1, -0.05) is 17.8 Å². The lowest BCUT2D eigenvalue weighted by molar-refractivity contribution is -0.120. The van der Waals surface area contributed by atoms with E-state index in [0.29, 0.717) is 35.4 Å². The average molecular weight is 391 g/mol. The minimum atomic E-state index is -0.386. The zero-order chi connectivity index (χ0) is 19.4. The van der Waals surface area contributed by atoms with Gasteiger partial charge in [0.25, 0.3) is 0 Å². The SMILES string of the molecule is C[C@@H](Sc1nnc(CCC(N)=O)n1C)C(=O)NCc1ccc2c(c1)OCO2. The summed E-state index contributed by atoms with van der Waals surface area (Å²) in [6, 6.07) is 5.57. The first-order valence-electron chi connectivity index (χ1n) is 8.43. The molecule has 2 heterocycles. The van der Waals surface area contributed by atoms with E-state index in [2.05, 4.69) is 15.5 Å². The molecule has 0 fully saturated rings. The van der Waals surface area contributed by atoms with E-state index in [9.17, 15) is 9.59 Å². The van der Waals surface area contributed by atoms with Crippen molar-refractivity contribution in [2.24, 2.45) is 12.8 Å². The number of carbonyl (C=O) groups excluding carboxylic acids is 2. The lowest BCUT2D eigenvalue weighted by atomic mass is 10.2. The number of hydrogen-bond donors (Lipinski definition) is 2. The highest BCUT2D eigenvalue weighted by molar-refractivity contribution is 8.00. The first-order valence-corrected chi connectivity index (χ1v) is 9.31. The van der Waals surface area contributed by atoms with Crippen molar-refractivity contribution in [1.82, 2.24) is 20.1 Å². The third kappa shape index (κ3) is 4.70. The topological polar surface area (TPSA) is 121 Å². The maximum absolute atomic E-state index is 12.4. The third-order valence-electron chi connectivity index (χ3n) is 4.08. The van der Waals surface area contributed by atoms with Crippen molar-refractivity contribution in [3.8, 4) is 11.5 Å². The molecule has 144 valence electrons. The highest BCUT2D eigenvalue weighted by Crippen LogP contribution is 2.32. The van der Waals surface area contributed by atoms with E-state index in [1.54, 1.807) is 18.5 Å². The molecule has 0 saturated heterocycles. The Morgan fingerprint density at radius 2 is 2.11 bits per heavy atom. The Morgan fingerprint density at radius 3 is 2.89 bits per heavy atom. The highest BCUT2D eigenvalue weighted by atomic mass is 32.2. The Balaban J connectivity index is 1.52. The normalized spacial score (nSPS) is 13.4. The Bertz CT molecular complexity index is 854. The largest absolute Gasteiger partial charge is 0.454 e. The fourth-order valence-corrected chi connectivity index (χ4v) is 3.35. The van der Waals surface area contributed by atoms with Crippen LogP contribution in [-0.2, 0) is 29.6 Å². The van der Waals surface area contributed by atoms with Crippen LogP contribution in [0.15, 0.2) is 23.4 Å². The second-order valence-corrected chi connectivity index (χ2v) is 7.40. The summed E-state index contributed by atoms with van der Waals surface area (Å²) >= 11 is 1.31. The summed E-state index contributed by atoms with van der Waals surface area (Å²) in [6.45, 7) is 2.42. The van der Waals surface area contributed by atoms with Gasteiger partial charge in [-0.2, -0.15) is 0 Å².